The Balaban J connectivity index is 1.14. The van der Waals surface area contributed by atoms with Crippen LogP contribution in [0.15, 0.2) is 59.4 Å². The predicted octanol–water partition coefficient (Wildman–Crippen LogP) is 3.74. The Bertz CT molecular complexity index is 1670. The molecule has 4 aromatic rings. The smallest absolute Gasteiger partial charge is 0.355 e. The van der Waals surface area contributed by atoms with Crippen molar-refractivity contribution in [2.45, 2.75) is 18.8 Å². The van der Waals surface area contributed by atoms with Crippen molar-refractivity contribution in [1.29, 1.82) is 0 Å². The number of H-pyrrole nitrogens is 1. The van der Waals surface area contributed by atoms with E-state index in [0.29, 0.717) is 40.9 Å². The lowest BCUT2D eigenvalue weighted by atomic mass is 10.0. The van der Waals surface area contributed by atoms with E-state index >= 15 is 0 Å². The zero-order chi connectivity index (χ0) is 28.0. The maximum absolute atomic E-state index is 14.8. The number of hydrogen-bond acceptors (Lipinski definition) is 7. The van der Waals surface area contributed by atoms with Gasteiger partial charge in [0.2, 0.25) is 0 Å². The third-order valence-electron chi connectivity index (χ3n) is 7.09. The summed E-state index contributed by atoms with van der Waals surface area (Å²) in [5.74, 6) is -0.508. The first-order valence-electron chi connectivity index (χ1n) is 12.6. The molecule has 0 bridgehead atoms. The van der Waals surface area contributed by atoms with E-state index in [1.54, 1.807) is 41.3 Å². The van der Waals surface area contributed by atoms with E-state index in [2.05, 4.69) is 25.8 Å². The third-order valence-corrected chi connectivity index (χ3v) is 7.09. The van der Waals surface area contributed by atoms with Gasteiger partial charge >= 0.3 is 6.18 Å². The summed E-state index contributed by atoms with van der Waals surface area (Å²) in [6, 6.07) is 14.5. The van der Waals surface area contributed by atoms with Gasteiger partial charge < -0.3 is 20.4 Å². The van der Waals surface area contributed by atoms with E-state index in [-0.39, 0.29) is 42.1 Å². The lowest BCUT2D eigenvalue weighted by Crippen LogP contribution is -2.49. The van der Waals surface area contributed by atoms with Crippen LogP contribution in [-0.2, 0) is 6.42 Å². The number of piperazine rings is 1. The van der Waals surface area contributed by atoms with Crippen molar-refractivity contribution < 1.29 is 22.4 Å². The van der Waals surface area contributed by atoms with Crippen LogP contribution in [0.3, 0.4) is 0 Å². The molecule has 0 spiro atoms. The molecular formula is C27H23F4N7O2. The van der Waals surface area contributed by atoms with Crippen LogP contribution in [-0.4, -0.2) is 64.5 Å². The molecular weight excluding hydrogens is 530 g/mol. The van der Waals surface area contributed by atoms with Gasteiger partial charge in [0.15, 0.2) is 12.0 Å². The lowest BCUT2D eigenvalue weighted by Gasteiger charge is -2.35. The highest BCUT2D eigenvalue weighted by Crippen LogP contribution is 2.35. The van der Waals surface area contributed by atoms with Gasteiger partial charge in [-0.3, -0.25) is 9.59 Å². The van der Waals surface area contributed by atoms with Gasteiger partial charge in [-0.25, -0.2) is 14.5 Å². The molecule has 1 fully saturated rings. The highest BCUT2D eigenvalue weighted by molar-refractivity contribution is 5.95. The monoisotopic (exact) mass is 553 g/mol. The number of fused-ring (bicyclic) bond motifs is 2. The van der Waals surface area contributed by atoms with Gasteiger partial charge in [-0.05, 0) is 35.9 Å². The number of pyridine rings is 1. The SMILES string of the molecule is O=C(c1cc(Cc2n[nH]c(=O)c3ccccc23)ccc1F)N1CCN(c2ccc3c(n2)NC(C(F)(F)F)N3)CC1. The molecule has 2 aromatic heterocycles. The topological polar surface area (TPSA) is 106 Å². The van der Waals surface area contributed by atoms with Crippen molar-refractivity contribution in [3.63, 3.8) is 0 Å². The van der Waals surface area contributed by atoms with E-state index in [1.807, 2.05) is 4.90 Å². The molecule has 206 valence electrons. The number of hydrogen-bond donors (Lipinski definition) is 3. The minimum absolute atomic E-state index is 0.0659. The Morgan fingerprint density at radius 3 is 2.48 bits per heavy atom. The maximum atomic E-state index is 14.8. The molecule has 0 saturated carbocycles. The van der Waals surface area contributed by atoms with E-state index in [9.17, 15) is 27.2 Å². The van der Waals surface area contributed by atoms with Crippen molar-refractivity contribution in [3.8, 4) is 0 Å². The molecule has 0 radical (unpaired) electrons. The molecule has 40 heavy (non-hydrogen) atoms. The van der Waals surface area contributed by atoms with Gasteiger partial charge in [0, 0.05) is 38.0 Å². The fraction of sp³-hybridized carbons (Fsp3) is 0.259. The summed E-state index contributed by atoms with van der Waals surface area (Å²) in [5, 5.41) is 12.5. The van der Waals surface area contributed by atoms with Crippen LogP contribution in [0.25, 0.3) is 10.8 Å². The number of carbonyl (C=O) groups is 1. The molecule has 6 rings (SSSR count). The molecule has 2 aliphatic rings. The first-order valence-corrected chi connectivity index (χ1v) is 12.6. The molecule has 4 heterocycles. The first-order chi connectivity index (χ1) is 19.2. The fourth-order valence-corrected chi connectivity index (χ4v) is 5.00. The Morgan fingerprint density at radius 2 is 1.73 bits per heavy atom. The van der Waals surface area contributed by atoms with Crippen molar-refractivity contribution in [2.24, 2.45) is 0 Å². The quantitative estimate of drug-likeness (QED) is 0.331. The summed E-state index contributed by atoms with van der Waals surface area (Å²) in [5.41, 5.74) is 1.15. The largest absolute Gasteiger partial charge is 0.427 e. The Labute approximate surface area is 224 Å². The van der Waals surface area contributed by atoms with Crippen molar-refractivity contribution in [1.82, 2.24) is 20.1 Å². The van der Waals surface area contributed by atoms with Crippen molar-refractivity contribution >= 4 is 34.0 Å². The number of halogens is 4. The Hall–Kier alpha value is -4.68. The van der Waals surface area contributed by atoms with E-state index < -0.39 is 24.1 Å². The Kier molecular flexibility index (Phi) is 6.28. The molecule has 1 unspecified atom stereocenters. The van der Waals surface area contributed by atoms with Gasteiger partial charge in [0.05, 0.1) is 22.3 Å². The number of aromatic nitrogens is 3. The molecule has 13 heteroatoms. The zero-order valence-electron chi connectivity index (χ0n) is 20.9. The molecule has 1 amide bonds. The molecule has 0 aliphatic carbocycles. The summed E-state index contributed by atoms with van der Waals surface area (Å²) >= 11 is 0. The summed E-state index contributed by atoms with van der Waals surface area (Å²) < 4.78 is 53.9. The number of rotatable bonds is 4. The van der Waals surface area contributed by atoms with Crippen LogP contribution in [0, 0.1) is 5.82 Å². The average molecular weight is 554 g/mol. The Morgan fingerprint density at radius 1 is 0.975 bits per heavy atom. The van der Waals surface area contributed by atoms with Crippen LogP contribution < -0.4 is 21.1 Å². The molecule has 9 nitrogen and oxygen atoms in total. The number of nitrogens with zero attached hydrogens (tertiary/aromatic N) is 4. The number of amides is 1. The van der Waals surface area contributed by atoms with E-state index in [1.165, 1.54) is 18.2 Å². The van der Waals surface area contributed by atoms with Crippen LogP contribution in [0.5, 0.6) is 0 Å². The minimum Gasteiger partial charge on any atom is -0.355 e. The second kappa shape index (κ2) is 9.81. The normalized spacial score (nSPS) is 16.9. The molecule has 2 aliphatic heterocycles. The lowest BCUT2D eigenvalue weighted by molar-refractivity contribution is -0.135. The van der Waals surface area contributed by atoms with Gasteiger partial charge in [-0.1, -0.05) is 24.3 Å². The number of nitrogens with one attached hydrogen (secondary N) is 3. The zero-order valence-corrected chi connectivity index (χ0v) is 20.9. The van der Waals surface area contributed by atoms with E-state index in [0.717, 1.165) is 0 Å². The number of benzene rings is 2. The molecule has 3 N–H and O–H groups in total. The van der Waals surface area contributed by atoms with Crippen LogP contribution in [0.2, 0.25) is 0 Å². The summed E-state index contributed by atoms with van der Waals surface area (Å²) in [6.07, 6.45) is -6.08. The van der Waals surface area contributed by atoms with Crippen LogP contribution in [0.4, 0.5) is 34.9 Å². The summed E-state index contributed by atoms with van der Waals surface area (Å²) in [7, 11) is 0. The first kappa shape index (κ1) is 25.6. The highest BCUT2D eigenvalue weighted by atomic mass is 19.4. The minimum atomic E-state index is -4.47. The van der Waals surface area contributed by atoms with Gasteiger partial charge in [-0.15, -0.1) is 0 Å². The van der Waals surface area contributed by atoms with E-state index in [4.69, 9.17) is 0 Å². The number of aromatic amines is 1. The summed E-state index contributed by atoms with van der Waals surface area (Å²) in [6.45, 7) is 1.32. The van der Waals surface area contributed by atoms with Gasteiger partial charge in [0.25, 0.3) is 11.5 Å². The molecule has 1 saturated heterocycles. The van der Waals surface area contributed by atoms with Gasteiger partial charge in [-0.2, -0.15) is 18.3 Å². The van der Waals surface area contributed by atoms with Crippen LogP contribution in [0.1, 0.15) is 21.6 Å². The van der Waals surface area contributed by atoms with Crippen molar-refractivity contribution in [2.75, 3.05) is 41.7 Å². The molecule has 1 atom stereocenters. The number of carbonyl (C=O) groups excluding carboxylic acids is 1. The average Bonchev–Trinajstić information content (AvgIpc) is 3.40. The predicted molar refractivity (Wildman–Crippen MR) is 141 cm³/mol. The summed E-state index contributed by atoms with van der Waals surface area (Å²) in [4.78, 5) is 33.1. The fourth-order valence-electron chi connectivity index (χ4n) is 5.00. The molecule has 2 aromatic carbocycles. The van der Waals surface area contributed by atoms with Crippen LogP contribution >= 0.6 is 0 Å². The standard InChI is InChI=1S/C27H23F4N7O2/c28-19-6-5-15(14-21-16-3-1-2-4-17(16)24(39)36-35-21)13-18(19)25(40)38-11-9-37(10-12-38)22-8-7-20-23(33-22)34-26(32-20)27(29,30)31/h1-8,13,26,32H,9-12,14H2,(H,33,34)(H,36,39). The number of anilines is 3. The third kappa shape index (κ3) is 4.78. The second-order valence-electron chi connectivity index (χ2n) is 9.64. The maximum Gasteiger partial charge on any atom is 0.427 e. The second-order valence-corrected chi connectivity index (χ2v) is 9.64. The number of alkyl halides is 3. The highest BCUT2D eigenvalue weighted by Gasteiger charge is 2.44. The van der Waals surface area contributed by atoms with Crippen molar-refractivity contribution in [3.05, 3.63) is 87.6 Å². The van der Waals surface area contributed by atoms with Gasteiger partial charge in [0.1, 0.15) is 11.6 Å².